The van der Waals surface area contributed by atoms with Gasteiger partial charge in [0.2, 0.25) is 5.82 Å². The van der Waals surface area contributed by atoms with Crippen molar-refractivity contribution in [2.45, 2.75) is 26.6 Å². The second-order valence-electron chi connectivity index (χ2n) is 7.18. The quantitative estimate of drug-likeness (QED) is 0.287. The van der Waals surface area contributed by atoms with Gasteiger partial charge in [-0.1, -0.05) is 41.6 Å². The fourth-order valence-corrected chi connectivity index (χ4v) is 2.98. The molecule has 0 aliphatic heterocycles. The SMILES string of the molecule is CCOCC(COC(=O)Nc1cccc(CON=C(c2ccccc2)c2nnnn2C)n1)OCC. The number of ether oxygens (including phenoxy) is 3. The van der Waals surface area contributed by atoms with Gasteiger partial charge in [-0.3, -0.25) is 5.32 Å². The van der Waals surface area contributed by atoms with Gasteiger partial charge < -0.3 is 19.0 Å². The number of hydrogen-bond donors (Lipinski definition) is 1. The number of carbonyl (C=O) groups excluding carboxylic acids is 1. The maximum absolute atomic E-state index is 12.2. The van der Waals surface area contributed by atoms with Crippen molar-refractivity contribution in [2.75, 3.05) is 31.7 Å². The molecule has 0 bridgehead atoms. The number of oxime groups is 1. The fraction of sp³-hybridized carbons (Fsp3) is 0.391. The molecule has 0 radical (unpaired) electrons. The summed E-state index contributed by atoms with van der Waals surface area (Å²) in [5.41, 5.74) is 1.83. The number of nitrogens with one attached hydrogen (secondary N) is 1. The molecule has 3 rings (SSSR count). The third kappa shape index (κ3) is 8.12. The number of aromatic nitrogens is 5. The number of tetrazole rings is 1. The fourth-order valence-electron chi connectivity index (χ4n) is 2.98. The van der Waals surface area contributed by atoms with Crippen LogP contribution in [0.15, 0.2) is 53.7 Å². The molecule has 1 unspecified atom stereocenters. The summed E-state index contributed by atoms with van der Waals surface area (Å²) in [5, 5.41) is 18.4. The standard InChI is InChI=1S/C23H29N7O5/c1-4-32-15-19(33-5-2)16-34-23(31)25-20-13-9-12-18(24-20)14-35-27-21(17-10-7-6-8-11-17)22-26-28-29-30(22)3/h6-13,19H,4-5,14-16H2,1-3H3,(H,24,25,31). The second kappa shape index (κ2) is 13.7. The topological polar surface area (TPSA) is 135 Å². The van der Waals surface area contributed by atoms with Gasteiger partial charge in [0.05, 0.1) is 12.3 Å². The Kier molecular flexibility index (Phi) is 10.1. The number of carbonyl (C=O) groups is 1. The van der Waals surface area contributed by atoms with Crippen LogP contribution in [0.5, 0.6) is 0 Å². The van der Waals surface area contributed by atoms with Gasteiger partial charge in [0.15, 0.2) is 12.3 Å². The lowest BCUT2D eigenvalue weighted by atomic mass is 10.1. The van der Waals surface area contributed by atoms with E-state index in [1.807, 2.05) is 44.2 Å². The monoisotopic (exact) mass is 483 g/mol. The molecule has 1 atom stereocenters. The first-order valence-electron chi connectivity index (χ1n) is 11.2. The minimum absolute atomic E-state index is 0.0625. The van der Waals surface area contributed by atoms with Gasteiger partial charge in [-0.05, 0) is 36.4 Å². The Hall–Kier alpha value is -3.90. The van der Waals surface area contributed by atoms with Crippen LogP contribution in [-0.2, 0) is 32.7 Å². The highest BCUT2D eigenvalue weighted by Gasteiger charge is 2.15. The van der Waals surface area contributed by atoms with Gasteiger partial charge in [0.25, 0.3) is 0 Å². The van der Waals surface area contributed by atoms with E-state index in [0.717, 1.165) is 5.56 Å². The zero-order chi connectivity index (χ0) is 24.9. The molecule has 1 amide bonds. The van der Waals surface area contributed by atoms with Crippen LogP contribution in [0.3, 0.4) is 0 Å². The summed E-state index contributed by atoms with van der Waals surface area (Å²) in [4.78, 5) is 22.1. The average molecular weight is 484 g/mol. The number of amides is 1. The smallest absolute Gasteiger partial charge is 0.412 e. The van der Waals surface area contributed by atoms with E-state index < -0.39 is 6.09 Å². The van der Waals surface area contributed by atoms with Crippen molar-refractivity contribution < 1.29 is 23.8 Å². The van der Waals surface area contributed by atoms with Crippen molar-refractivity contribution in [2.24, 2.45) is 12.2 Å². The first-order chi connectivity index (χ1) is 17.1. The lowest BCUT2D eigenvalue weighted by Crippen LogP contribution is -2.28. The molecule has 3 aromatic rings. The summed E-state index contributed by atoms with van der Waals surface area (Å²) >= 11 is 0. The van der Waals surface area contributed by atoms with Crippen molar-refractivity contribution in [3.05, 3.63) is 65.6 Å². The molecule has 1 aromatic carbocycles. The Labute approximate surface area is 203 Å². The molecule has 2 heterocycles. The first kappa shape index (κ1) is 25.7. The molecule has 1 N–H and O–H groups in total. The lowest BCUT2D eigenvalue weighted by Gasteiger charge is -2.17. The largest absolute Gasteiger partial charge is 0.446 e. The molecule has 0 fully saturated rings. The summed E-state index contributed by atoms with van der Waals surface area (Å²) < 4.78 is 17.6. The Bertz CT molecular complexity index is 1090. The predicted octanol–water partition coefficient (Wildman–Crippen LogP) is 2.56. The van der Waals surface area contributed by atoms with Crippen molar-refractivity contribution in [3.63, 3.8) is 0 Å². The lowest BCUT2D eigenvalue weighted by molar-refractivity contribution is -0.0373. The molecule has 0 aliphatic carbocycles. The molecule has 2 aromatic heterocycles. The number of rotatable bonds is 13. The van der Waals surface area contributed by atoms with E-state index in [2.05, 4.69) is 31.0 Å². The van der Waals surface area contributed by atoms with E-state index in [0.29, 0.717) is 42.9 Å². The highest BCUT2D eigenvalue weighted by atomic mass is 16.6. The zero-order valence-corrected chi connectivity index (χ0v) is 20.0. The van der Waals surface area contributed by atoms with Gasteiger partial charge in [0, 0.05) is 25.8 Å². The van der Waals surface area contributed by atoms with E-state index in [1.54, 1.807) is 25.2 Å². The molecular formula is C23H29N7O5. The number of nitrogens with zero attached hydrogens (tertiary/aromatic N) is 6. The molecule has 0 saturated heterocycles. The maximum Gasteiger partial charge on any atom is 0.412 e. The number of anilines is 1. The third-order valence-electron chi connectivity index (χ3n) is 4.59. The second-order valence-corrected chi connectivity index (χ2v) is 7.18. The normalized spacial score (nSPS) is 12.3. The Balaban J connectivity index is 1.59. The van der Waals surface area contributed by atoms with E-state index in [9.17, 15) is 4.79 Å². The molecule has 186 valence electrons. The number of hydrogen-bond acceptors (Lipinski definition) is 10. The third-order valence-corrected chi connectivity index (χ3v) is 4.59. The van der Waals surface area contributed by atoms with Crippen LogP contribution >= 0.6 is 0 Å². The van der Waals surface area contributed by atoms with Crippen molar-refractivity contribution in [3.8, 4) is 0 Å². The highest BCUT2D eigenvalue weighted by Crippen LogP contribution is 2.11. The molecule has 35 heavy (non-hydrogen) atoms. The van der Waals surface area contributed by atoms with E-state index in [-0.39, 0.29) is 19.3 Å². The Morgan fingerprint density at radius 1 is 1.09 bits per heavy atom. The number of pyridine rings is 1. The van der Waals surface area contributed by atoms with Gasteiger partial charge in [-0.15, -0.1) is 5.10 Å². The summed E-state index contributed by atoms with van der Waals surface area (Å²) in [6, 6.07) is 14.6. The van der Waals surface area contributed by atoms with Crippen LogP contribution in [-0.4, -0.2) is 69.5 Å². The van der Waals surface area contributed by atoms with Crippen LogP contribution in [0.4, 0.5) is 10.6 Å². The van der Waals surface area contributed by atoms with E-state index in [4.69, 9.17) is 19.0 Å². The van der Waals surface area contributed by atoms with Crippen molar-refractivity contribution in [1.82, 2.24) is 25.2 Å². The minimum Gasteiger partial charge on any atom is -0.446 e. The summed E-state index contributed by atoms with van der Waals surface area (Å²) in [7, 11) is 1.72. The minimum atomic E-state index is -0.643. The Morgan fingerprint density at radius 3 is 2.63 bits per heavy atom. The summed E-state index contributed by atoms with van der Waals surface area (Å²) in [5.74, 6) is 0.774. The predicted molar refractivity (Wildman–Crippen MR) is 127 cm³/mol. The van der Waals surface area contributed by atoms with Crippen LogP contribution in [0.25, 0.3) is 0 Å². The van der Waals surface area contributed by atoms with Gasteiger partial charge in [0.1, 0.15) is 18.5 Å². The number of aryl methyl sites for hydroxylation is 1. The Morgan fingerprint density at radius 2 is 1.91 bits per heavy atom. The van der Waals surface area contributed by atoms with Crippen LogP contribution in [0, 0.1) is 0 Å². The van der Waals surface area contributed by atoms with E-state index >= 15 is 0 Å². The van der Waals surface area contributed by atoms with Gasteiger partial charge in [-0.25, -0.2) is 14.5 Å². The summed E-state index contributed by atoms with van der Waals surface area (Å²) in [6.07, 6.45) is -0.977. The molecule has 0 spiro atoms. The molecular weight excluding hydrogens is 454 g/mol. The molecule has 12 nitrogen and oxygen atoms in total. The molecule has 0 aliphatic rings. The van der Waals surface area contributed by atoms with Crippen molar-refractivity contribution in [1.29, 1.82) is 0 Å². The average Bonchev–Trinajstić information content (AvgIpc) is 3.29. The van der Waals surface area contributed by atoms with Gasteiger partial charge in [-0.2, -0.15) is 0 Å². The van der Waals surface area contributed by atoms with E-state index in [1.165, 1.54) is 4.68 Å². The number of benzene rings is 1. The van der Waals surface area contributed by atoms with Crippen LogP contribution in [0.1, 0.15) is 30.9 Å². The summed E-state index contributed by atoms with van der Waals surface area (Å²) in [6.45, 7) is 5.28. The zero-order valence-electron chi connectivity index (χ0n) is 20.0. The van der Waals surface area contributed by atoms with Crippen molar-refractivity contribution >= 4 is 17.6 Å². The molecule has 12 heteroatoms. The highest BCUT2D eigenvalue weighted by molar-refractivity contribution is 6.10. The van der Waals surface area contributed by atoms with Gasteiger partial charge >= 0.3 is 6.09 Å². The van der Waals surface area contributed by atoms with Crippen LogP contribution < -0.4 is 5.32 Å². The maximum atomic E-state index is 12.2. The first-order valence-corrected chi connectivity index (χ1v) is 11.2. The molecule has 0 saturated carbocycles. The van der Waals surface area contributed by atoms with Crippen LogP contribution in [0.2, 0.25) is 0 Å².